The van der Waals surface area contributed by atoms with E-state index in [0.29, 0.717) is 10.8 Å². The van der Waals surface area contributed by atoms with Gasteiger partial charge < -0.3 is 24.8 Å². The second-order valence-electron chi connectivity index (χ2n) is 6.89. The van der Waals surface area contributed by atoms with Crippen molar-refractivity contribution in [2.45, 2.75) is 54.4 Å². The van der Waals surface area contributed by atoms with Crippen molar-refractivity contribution in [3.63, 3.8) is 0 Å². The fraction of sp³-hybridized carbons (Fsp3) is 0.526. The molecule has 2 aliphatic rings. The van der Waals surface area contributed by atoms with Gasteiger partial charge in [-0.05, 0) is 10.8 Å². The fourth-order valence-electron chi connectivity index (χ4n) is 1.84. The van der Waals surface area contributed by atoms with Gasteiger partial charge in [0.1, 0.15) is 0 Å². The van der Waals surface area contributed by atoms with E-state index in [1.165, 1.54) is 11.1 Å². The SMILES string of the molecule is CC(C)(C)C1=[C-]CC=C1.CC(C)(C)C1=[C-]CC=C1.[CH2]=[Hf+2].[Cl-].[Cl-]. The molecule has 0 heterocycles. The molecule has 0 aromatic heterocycles. The molecule has 2 aliphatic carbocycles. The second-order valence-corrected chi connectivity index (χ2v) is 6.89. The summed E-state index contributed by atoms with van der Waals surface area (Å²) in [5.41, 5.74) is 3.30. The molecule has 0 atom stereocenters. The first-order chi connectivity index (χ1) is 9.21. The zero-order valence-corrected chi connectivity index (χ0v) is 19.8. The van der Waals surface area contributed by atoms with Crippen LogP contribution in [-0.2, 0) is 23.9 Å². The summed E-state index contributed by atoms with van der Waals surface area (Å²) in [6.45, 7) is 13.3. The van der Waals surface area contributed by atoms with Gasteiger partial charge in [-0.1, -0.05) is 41.5 Å². The third kappa shape index (κ3) is 10.9. The molecule has 0 spiro atoms. The van der Waals surface area contributed by atoms with Crippen LogP contribution in [0.1, 0.15) is 54.4 Å². The van der Waals surface area contributed by atoms with E-state index in [1.54, 1.807) is 0 Å². The van der Waals surface area contributed by atoms with Gasteiger partial charge >= 0.3 is 28.2 Å². The minimum atomic E-state index is 0. The molecule has 0 saturated carbocycles. The summed E-state index contributed by atoms with van der Waals surface area (Å²) < 4.78 is 3.39. The molecule has 0 bridgehead atoms. The number of hydrogen-bond donors (Lipinski definition) is 0. The maximum atomic E-state index is 3.39. The molecule has 0 radical (unpaired) electrons. The van der Waals surface area contributed by atoms with Crippen molar-refractivity contribution in [3.8, 4) is 0 Å². The van der Waals surface area contributed by atoms with Crippen LogP contribution >= 0.6 is 0 Å². The third-order valence-electron chi connectivity index (χ3n) is 3.01. The molecule has 0 nitrogen and oxygen atoms in total. The Morgan fingerprint density at radius 2 is 1.05 bits per heavy atom. The molecule has 0 N–H and O–H groups in total. The Balaban J connectivity index is -0.000000273. The molecule has 0 aromatic rings. The van der Waals surface area contributed by atoms with Gasteiger partial charge in [0.2, 0.25) is 0 Å². The molecular formula is C19H28Cl2Hf-2. The summed E-state index contributed by atoms with van der Waals surface area (Å²) in [4.78, 5) is 0. The summed E-state index contributed by atoms with van der Waals surface area (Å²) in [6.07, 6.45) is 17.3. The first-order valence-electron chi connectivity index (χ1n) is 7.12. The summed E-state index contributed by atoms with van der Waals surface area (Å²) in [6, 6.07) is 0. The molecule has 0 saturated heterocycles. The summed E-state index contributed by atoms with van der Waals surface area (Å²) in [7, 11) is 0. The molecule has 22 heavy (non-hydrogen) atoms. The van der Waals surface area contributed by atoms with E-state index in [0.717, 1.165) is 36.7 Å². The third-order valence-corrected chi connectivity index (χ3v) is 3.01. The Morgan fingerprint density at radius 3 is 1.14 bits per heavy atom. The van der Waals surface area contributed by atoms with Crippen molar-refractivity contribution < 1.29 is 48.7 Å². The molecule has 0 amide bonds. The van der Waals surface area contributed by atoms with E-state index >= 15 is 0 Å². The van der Waals surface area contributed by atoms with E-state index in [1.807, 2.05) is 0 Å². The van der Waals surface area contributed by atoms with Crippen molar-refractivity contribution in [1.82, 2.24) is 0 Å². The summed E-state index contributed by atoms with van der Waals surface area (Å²) in [5.74, 6) is 0. The van der Waals surface area contributed by atoms with Gasteiger partial charge in [-0.25, -0.2) is 23.3 Å². The molecular weight excluding hydrogens is 478 g/mol. The standard InChI is InChI=1S/2C9H13.CH2.2ClH.Hf/c2*1-9(2,3)8-6-4-5-7-8;;;;/h2*4,6H,5H2,1-3H3;1H2;2*1H;/q2*-1;;;;+2/p-2. The molecule has 0 fully saturated rings. The zero-order valence-electron chi connectivity index (χ0n) is 14.7. The van der Waals surface area contributed by atoms with Crippen LogP contribution in [0.25, 0.3) is 0 Å². The summed E-state index contributed by atoms with van der Waals surface area (Å²) in [5, 5.41) is 0. The number of halogens is 2. The predicted molar refractivity (Wildman–Crippen MR) is 87.1 cm³/mol. The first kappa shape index (κ1) is 27.1. The normalized spacial score (nSPS) is 15.3. The molecule has 3 heteroatoms. The van der Waals surface area contributed by atoms with Gasteiger partial charge in [0, 0.05) is 0 Å². The van der Waals surface area contributed by atoms with Crippen molar-refractivity contribution >= 4 is 4.26 Å². The van der Waals surface area contributed by atoms with E-state index in [4.69, 9.17) is 0 Å². The van der Waals surface area contributed by atoms with Gasteiger partial charge in [0.25, 0.3) is 0 Å². The maximum absolute atomic E-state index is 3.39. The van der Waals surface area contributed by atoms with E-state index in [-0.39, 0.29) is 24.8 Å². The van der Waals surface area contributed by atoms with Crippen LogP contribution in [0.15, 0.2) is 35.5 Å². The average molecular weight is 506 g/mol. The van der Waals surface area contributed by atoms with Gasteiger partial charge in [-0.3, -0.25) is 12.2 Å². The predicted octanol–water partition coefficient (Wildman–Crippen LogP) is -0.583. The van der Waals surface area contributed by atoms with Gasteiger partial charge in [0.05, 0.1) is 0 Å². The van der Waals surface area contributed by atoms with Gasteiger partial charge in [-0.2, -0.15) is 12.2 Å². The van der Waals surface area contributed by atoms with Crippen LogP contribution in [0, 0.1) is 23.0 Å². The van der Waals surface area contributed by atoms with Crippen LogP contribution in [-0.4, -0.2) is 4.26 Å². The van der Waals surface area contributed by atoms with Gasteiger partial charge in [0.15, 0.2) is 0 Å². The number of allylic oxidation sites excluding steroid dienone is 8. The molecule has 0 aromatic carbocycles. The smallest absolute Gasteiger partial charge is 1.00 e. The Labute approximate surface area is 165 Å². The van der Waals surface area contributed by atoms with E-state index in [2.05, 4.69) is 82.3 Å². The van der Waals surface area contributed by atoms with Crippen LogP contribution in [0.2, 0.25) is 0 Å². The number of rotatable bonds is 0. The van der Waals surface area contributed by atoms with Crippen molar-refractivity contribution in [2.75, 3.05) is 0 Å². The van der Waals surface area contributed by atoms with E-state index in [9.17, 15) is 0 Å². The molecule has 0 aliphatic heterocycles. The van der Waals surface area contributed by atoms with Crippen molar-refractivity contribution in [3.05, 3.63) is 47.6 Å². The molecule has 2 rings (SSSR count). The minimum absolute atomic E-state index is 0. The monoisotopic (exact) mass is 506 g/mol. The van der Waals surface area contributed by atoms with Gasteiger partial charge in [-0.15, -0.1) is 12.8 Å². The fourth-order valence-corrected chi connectivity index (χ4v) is 1.84. The zero-order chi connectivity index (χ0) is 15.8. The Kier molecular flexibility index (Phi) is 15.6. The Bertz CT molecular complexity index is 376. The summed E-state index contributed by atoms with van der Waals surface area (Å²) >= 11 is 1.06. The average Bonchev–Trinajstić information content (AvgIpc) is 3.04. The number of hydrogen-bond acceptors (Lipinski definition) is 0. The van der Waals surface area contributed by atoms with Crippen LogP contribution < -0.4 is 24.8 Å². The van der Waals surface area contributed by atoms with Crippen LogP contribution in [0.3, 0.4) is 0 Å². The largest absolute Gasteiger partial charge is 1.00 e. The second kappa shape index (κ2) is 12.7. The molecule has 124 valence electrons. The Morgan fingerprint density at radius 1 is 0.773 bits per heavy atom. The van der Waals surface area contributed by atoms with Crippen molar-refractivity contribution in [1.29, 1.82) is 0 Å². The van der Waals surface area contributed by atoms with E-state index < -0.39 is 0 Å². The topological polar surface area (TPSA) is 0 Å². The first-order valence-corrected chi connectivity index (χ1v) is 9.66. The quantitative estimate of drug-likeness (QED) is 0.305. The minimum Gasteiger partial charge on any atom is -1.00 e. The van der Waals surface area contributed by atoms with Crippen LogP contribution in [0.4, 0.5) is 0 Å². The molecule has 0 unspecified atom stereocenters. The van der Waals surface area contributed by atoms with Crippen molar-refractivity contribution in [2.24, 2.45) is 10.8 Å². The Hall–Kier alpha value is 0.280. The van der Waals surface area contributed by atoms with Crippen LogP contribution in [0.5, 0.6) is 0 Å². The maximum Gasteiger partial charge on any atom is -1.00 e.